The molecule has 0 radical (unpaired) electrons. The Labute approximate surface area is 98.8 Å². The number of hydrogen-bond donors (Lipinski definition) is 0. The fraction of sp³-hybridized carbons (Fsp3) is 0.333. The molecule has 1 rings (SSSR count). The number of rotatable bonds is 4. The van der Waals surface area contributed by atoms with Crippen LogP contribution >= 0.6 is 0 Å². The summed E-state index contributed by atoms with van der Waals surface area (Å²) < 4.78 is 0. The summed E-state index contributed by atoms with van der Waals surface area (Å²) >= 11 is 0. The van der Waals surface area contributed by atoms with E-state index in [0.717, 1.165) is 0 Å². The summed E-state index contributed by atoms with van der Waals surface area (Å²) in [6.07, 6.45) is 0.436. The molecule has 0 fully saturated rings. The molecule has 0 saturated heterocycles. The number of ketones is 1. The number of Topliss-reactive ketones (excluding diaryl/α,β-unsaturated/α-hetero) is 1. The molecule has 0 aliphatic carbocycles. The van der Waals surface area contributed by atoms with Gasteiger partial charge in [-0.25, -0.2) is 0 Å². The average molecular weight is 232 g/mol. The van der Waals surface area contributed by atoms with Gasteiger partial charge in [-0.2, -0.15) is 5.26 Å². The van der Waals surface area contributed by atoms with Crippen LogP contribution in [0, 0.1) is 34.3 Å². The number of nitriles is 1. The fourth-order valence-corrected chi connectivity index (χ4v) is 1.56. The van der Waals surface area contributed by atoms with Gasteiger partial charge in [0.1, 0.15) is 5.92 Å². The highest BCUT2D eigenvalue weighted by Gasteiger charge is 2.20. The molecule has 0 spiro atoms. The number of carbonyl (C=O) groups is 1. The van der Waals surface area contributed by atoms with Crippen molar-refractivity contribution >= 4 is 11.5 Å². The summed E-state index contributed by atoms with van der Waals surface area (Å²) in [7, 11) is 0. The minimum Gasteiger partial charge on any atom is -0.293 e. The van der Waals surface area contributed by atoms with Crippen molar-refractivity contribution < 1.29 is 9.72 Å². The van der Waals surface area contributed by atoms with E-state index in [2.05, 4.69) is 0 Å². The highest BCUT2D eigenvalue weighted by Crippen LogP contribution is 2.20. The lowest BCUT2D eigenvalue weighted by Crippen LogP contribution is -2.13. The molecule has 17 heavy (non-hydrogen) atoms. The van der Waals surface area contributed by atoms with Crippen LogP contribution in [0.1, 0.15) is 29.3 Å². The Morgan fingerprint density at radius 2 is 2.24 bits per heavy atom. The summed E-state index contributed by atoms with van der Waals surface area (Å²) in [6.45, 7) is 3.39. The lowest BCUT2D eigenvalue weighted by atomic mass is 9.93. The van der Waals surface area contributed by atoms with Gasteiger partial charge in [0.25, 0.3) is 5.69 Å². The minimum atomic E-state index is -0.685. The Balaban J connectivity index is 3.13. The monoisotopic (exact) mass is 232 g/mol. The number of nitro groups is 1. The van der Waals surface area contributed by atoms with Gasteiger partial charge in [0.15, 0.2) is 5.78 Å². The highest BCUT2D eigenvalue weighted by molar-refractivity contribution is 6.00. The first-order valence-corrected chi connectivity index (χ1v) is 5.20. The zero-order chi connectivity index (χ0) is 13.0. The molecule has 5 nitrogen and oxygen atoms in total. The van der Waals surface area contributed by atoms with Gasteiger partial charge >= 0.3 is 0 Å². The highest BCUT2D eigenvalue weighted by atomic mass is 16.6. The van der Waals surface area contributed by atoms with E-state index < -0.39 is 10.8 Å². The van der Waals surface area contributed by atoms with Gasteiger partial charge in [-0.3, -0.25) is 14.9 Å². The van der Waals surface area contributed by atoms with E-state index in [1.54, 1.807) is 13.8 Å². The first-order chi connectivity index (χ1) is 8.01. The predicted molar refractivity (Wildman–Crippen MR) is 61.6 cm³/mol. The maximum atomic E-state index is 11.9. The van der Waals surface area contributed by atoms with Gasteiger partial charge in [-0.1, -0.05) is 6.92 Å². The van der Waals surface area contributed by atoms with Crippen LogP contribution in [-0.2, 0) is 0 Å². The molecule has 0 aliphatic rings. The molecule has 5 heteroatoms. The van der Waals surface area contributed by atoms with Crippen LogP contribution in [0.4, 0.5) is 5.69 Å². The van der Waals surface area contributed by atoms with Gasteiger partial charge in [-0.05, 0) is 25.0 Å². The summed E-state index contributed by atoms with van der Waals surface area (Å²) in [5.74, 6) is -0.961. The number of nitrogens with zero attached hydrogens (tertiary/aromatic N) is 2. The van der Waals surface area contributed by atoms with Crippen molar-refractivity contribution in [3.05, 3.63) is 39.4 Å². The topological polar surface area (TPSA) is 84.0 Å². The summed E-state index contributed by atoms with van der Waals surface area (Å²) in [5.41, 5.74) is 0.853. The smallest absolute Gasteiger partial charge is 0.269 e. The molecule has 0 aromatic heterocycles. The van der Waals surface area contributed by atoms with E-state index >= 15 is 0 Å². The van der Waals surface area contributed by atoms with Gasteiger partial charge in [0, 0.05) is 17.7 Å². The maximum absolute atomic E-state index is 11.9. The second kappa shape index (κ2) is 5.21. The molecule has 0 N–H and O–H groups in total. The first kappa shape index (κ1) is 12.8. The Hall–Kier alpha value is -2.22. The van der Waals surface area contributed by atoms with Crippen LogP contribution in [0.5, 0.6) is 0 Å². The normalized spacial score (nSPS) is 11.6. The van der Waals surface area contributed by atoms with E-state index in [9.17, 15) is 14.9 Å². The zero-order valence-corrected chi connectivity index (χ0v) is 9.64. The molecule has 88 valence electrons. The molecular formula is C12H12N2O3. The number of benzene rings is 1. The minimum absolute atomic E-state index is 0.0518. The maximum Gasteiger partial charge on any atom is 0.269 e. The van der Waals surface area contributed by atoms with Crippen LogP contribution in [0.25, 0.3) is 0 Å². The van der Waals surface area contributed by atoms with Crippen molar-refractivity contribution in [2.75, 3.05) is 0 Å². The Bertz CT molecular complexity index is 503. The third-order valence-electron chi connectivity index (χ3n) is 2.57. The number of aryl methyl sites for hydroxylation is 1. The van der Waals surface area contributed by atoms with Crippen molar-refractivity contribution in [2.24, 2.45) is 5.92 Å². The van der Waals surface area contributed by atoms with Crippen LogP contribution in [0.2, 0.25) is 0 Å². The Morgan fingerprint density at radius 3 is 2.65 bits per heavy atom. The van der Waals surface area contributed by atoms with Gasteiger partial charge in [0.05, 0.1) is 11.0 Å². The molecule has 0 heterocycles. The van der Waals surface area contributed by atoms with Gasteiger partial charge in [-0.15, -0.1) is 0 Å². The van der Waals surface area contributed by atoms with Crippen molar-refractivity contribution in [1.82, 2.24) is 0 Å². The Kier molecular flexibility index (Phi) is 3.94. The van der Waals surface area contributed by atoms with E-state index in [4.69, 9.17) is 5.26 Å². The largest absolute Gasteiger partial charge is 0.293 e. The van der Waals surface area contributed by atoms with Crippen molar-refractivity contribution in [3.63, 3.8) is 0 Å². The predicted octanol–water partition coefficient (Wildman–Crippen LogP) is 2.64. The van der Waals surface area contributed by atoms with E-state index in [0.29, 0.717) is 17.5 Å². The molecule has 0 amide bonds. The second-order valence-corrected chi connectivity index (χ2v) is 3.71. The Morgan fingerprint density at radius 1 is 1.59 bits per heavy atom. The number of carbonyl (C=O) groups excluding carboxylic acids is 1. The molecule has 0 saturated carbocycles. The lowest BCUT2D eigenvalue weighted by molar-refractivity contribution is -0.384. The van der Waals surface area contributed by atoms with Crippen LogP contribution in [-0.4, -0.2) is 10.7 Å². The third kappa shape index (κ3) is 2.67. The van der Waals surface area contributed by atoms with E-state index in [-0.39, 0.29) is 11.5 Å². The first-order valence-electron chi connectivity index (χ1n) is 5.20. The average Bonchev–Trinajstić information content (AvgIpc) is 2.30. The second-order valence-electron chi connectivity index (χ2n) is 3.71. The van der Waals surface area contributed by atoms with Crippen LogP contribution in [0.15, 0.2) is 18.2 Å². The zero-order valence-electron chi connectivity index (χ0n) is 9.64. The van der Waals surface area contributed by atoms with Crippen LogP contribution in [0.3, 0.4) is 0 Å². The fourth-order valence-electron chi connectivity index (χ4n) is 1.56. The van der Waals surface area contributed by atoms with E-state index in [1.807, 2.05) is 6.07 Å². The van der Waals surface area contributed by atoms with Gasteiger partial charge in [0.2, 0.25) is 0 Å². The molecule has 0 aliphatic heterocycles. The molecule has 1 aromatic carbocycles. The molecule has 1 unspecified atom stereocenters. The molecule has 1 atom stereocenters. The molecular weight excluding hydrogens is 220 g/mol. The summed E-state index contributed by atoms with van der Waals surface area (Å²) in [5, 5.41) is 19.4. The summed E-state index contributed by atoms with van der Waals surface area (Å²) in [4.78, 5) is 22.0. The molecule has 0 bridgehead atoms. The standard InChI is InChI=1S/C12H12N2O3/c1-3-9(7-13)12(15)11-5-4-10(14(16)17)6-8(11)2/h4-6,9H,3H2,1-2H3. The summed E-state index contributed by atoms with van der Waals surface area (Å²) in [6, 6.07) is 5.97. The number of nitro benzene ring substituents is 1. The SMILES string of the molecule is CCC(C#N)C(=O)c1ccc([N+](=O)[O-])cc1C. The van der Waals surface area contributed by atoms with Crippen LogP contribution < -0.4 is 0 Å². The number of hydrogen-bond acceptors (Lipinski definition) is 4. The molecule has 1 aromatic rings. The van der Waals surface area contributed by atoms with Crippen molar-refractivity contribution in [2.45, 2.75) is 20.3 Å². The van der Waals surface area contributed by atoms with Crippen molar-refractivity contribution in [3.8, 4) is 6.07 Å². The quantitative estimate of drug-likeness (QED) is 0.453. The van der Waals surface area contributed by atoms with Crippen molar-refractivity contribution in [1.29, 1.82) is 5.26 Å². The van der Waals surface area contributed by atoms with E-state index in [1.165, 1.54) is 18.2 Å². The third-order valence-corrected chi connectivity index (χ3v) is 2.57. The van der Waals surface area contributed by atoms with Gasteiger partial charge < -0.3 is 0 Å². The lowest BCUT2D eigenvalue weighted by Gasteiger charge is -2.07. The number of non-ortho nitro benzene ring substituents is 1.